The van der Waals surface area contributed by atoms with Crippen molar-refractivity contribution in [1.29, 1.82) is 0 Å². The molecular weight excluding hydrogens is 302 g/mol. The molecule has 0 heterocycles. The molecule has 1 rings (SSSR count). The Morgan fingerprint density at radius 1 is 1.23 bits per heavy atom. The molecule has 0 fully saturated rings. The summed E-state index contributed by atoms with van der Waals surface area (Å²) in [5.41, 5.74) is 0.996. The van der Waals surface area contributed by atoms with Crippen molar-refractivity contribution in [2.45, 2.75) is 18.7 Å². The first-order chi connectivity index (χ1) is 10.4. The number of benzene rings is 1. The van der Waals surface area contributed by atoms with E-state index in [1.54, 1.807) is 36.4 Å². The summed E-state index contributed by atoms with van der Waals surface area (Å²) in [6.07, 6.45) is 4.80. The van der Waals surface area contributed by atoms with Crippen LogP contribution in [-0.2, 0) is 19.6 Å². The second kappa shape index (κ2) is 8.51. The van der Waals surface area contributed by atoms with E-state index in [1.165, 1.54) is 17.3 Å². The third-order valence-corrected chi connectivity index (χ3v) is 4.70. The first-order valence-corrected chi connectivity index (χ1v) is 8.28. The number of nitrogens with zero attached hydrogens (tertiary/aromatic N) is 1. The summed E-state index contributed by atoms with van der Waals surface area (Å²) in [6, 6.07) is 6.69. The Kier molecular flexibility index (Phi) is 7.01. The fourth-order valence-corrected chi connectivity index (χ4v) is 3.06. The number of esters is 1. The monoisotopic (exact) mass is 323 g/mol. The van der Waals surface area contributed by atoms with E-state index in [0.29, 0.717) is 0 Å². The van der Waals surface area contributed by atoms with Gasteiger partial charge in [0.05, 0.1) is 4.90 Å². The van der Waals surface area contributed by atoms with Crippen LogP contribution in [0.15, 0.2) is 54.0 Å². The van der Waals surface area contributed by atoms with Crippen molar-refractivity contribution < 1.29 is 17.9 Å². The van der Waals surface area contributed by atoms with E-state index in [-0.39, 0.29) is 30.6 Å². The Morgan fingerprint density at radius 2 is 1.86 bits per heavy atom. The summed E-state index contributed by atoms with van der Waals surface area (Å²) in [5.74, 6) is -0.375. The minimum Gasteiger partial charge on any atom is -0.462 e. The van der Waals surface area contributed by atoms with Crippen LogP contribution in [-0.4, -0.2) is 38.4 Å². The number of carbonyl (C=O) groups excluding carboxylic acids is 1. The van der Waals surface area contributed by atoms with Gasteiger partial charge in [-0.25, -0.2) is 8.42 Å². The van der Waals surface area contributed by atoms with Crippen LogP contribution >= 0.6 is 0 Å². The molecule has 22 heavy (non-hydrogen) atoms. The lowest BCUT2D eigenvalue weighted by Gasteiger charge is -2.19. The molecule has 1 aromatic rings. The predicted molar refractivity (Wildman–Crippen MR) is 85.9 cm³/mol. The van der Waals surface area contributed by atoms with Crippen LogP contribution in [0.25, 0.3) is 0 Å². The van der Waals surface area contributed by atoms with E-state index in [4.69, 9.17) is 4.74 Å². The molecule has 120 valence electrons. The lowest BCUT2D eigenvalue weighted by molar-refractivity contribution is -0.139. The molecule has 0 saturated heterocycles. The molecule has 0 radical (unpaired) electrons. The van der Waals surface area contributed by atoms with Crippen molar-refractivity contribution in [2.75, 3.05) is 19.7 Å². The van der Waals surface area contributed by atoms with Gasteiger partial charge in [-0.15, -0.1) is 6.58 Å². The van der Waals surface area contributed by atoms with E-state index in [0.717, 1.165) is 5.56 Å². The highest BCUT2D eigenvalue weighted by Crippen LogP contribution is 2.16. The molecule has 0 aliphatic rings. The fourth-order valence-electron chi connectivity index (χ4n) is 1.70. The highest BCUT2D eigenvalue weighted by Gasteiger charge is 2.22. The molecule has 0 aromatic heterocycles. The average Bonchev–Trinajstić information content (AvgIpc) is 2.46. The van der Waals surface area contributed by atoms with Crippen LogP contribution < -0.4 is 0 Å². The van der Waals surface area contributed by atoms with Gasteiger partial charge in [-0.2, -0.15) is 4.31 Å². The van der Waals surface area contributed by atoms with Crippen molar-refractivity contribution in [2.24, 2.45) is 0 Å². The Morgan fingerprint density at radius 3 is 2.41 bits per heavy atom. The van der Waals surface area contributed by atoms with Crippen molar-refractivity contribution in [3.8, 4) is 0 Å². The molecule has 0 N–H and O–H groups in total. The molecule has 0 saturated carbocycles. The van der Waals surface area contributed by atoms with Crippen LogP contribution in [0.5, 0.6) is 0 Å². The Labute approximate surface area is 131 Å². The molecule has 6 heteroatoms. The zero-order valence-corrected chi connectivity index (χ0v) is 13.7. The minimum atomic E-state index is -3.58. The second-order valence-electron chi connectivity index (χ2n) is 4.70. The third kappa shape index (κ3) is 5.46. The van der Waals surface area contributed by atoms with Gasteiger partial charge in [0.1, 0.15) is 6.61 Å². The van der Waals surface area contributed by atoms with Gasteiger partial charge >= 0.3 is 5.97 Å². The Balaban J connectivity index is 2.82. The molecule has 0 aliphatic heterocycles. The van der Waals surface area contributed by atoms with Gasteiger partial charge in [-0.05, 0) is 25.1 Å². The summed E-state index contributed by atoms with van der Waals surface area (Å²) in [4.78, 5) is 10.9. The number of carbonyl (C=O) groups is 1. The van der Waals surface area contributed by atoms with Gasteiger partial charge in [0.2, 0.25) is 10.0 Å². The molecule has 0 atom stereocenters. The Hall–Kier alpha value is -1.92. The first-order valence-electron chi connectivity index (χ1n) is 6.84. The van der Waals surface area contributed by atoms with Gasteiger partial charge in [-0.1, -0.05) is 29.8 Å². The molecule has 0 spiro atoms. The van der Waals surface area contributed by atoms with Gasteiger partial charge in [0, 0.05) is 20.0 Å². The number of ether oxygens (including phenoxy) is 1. The van der Waals surface area contributed by atoms with Crippen LogP contribution in [0.1, 0.15) is 12.5 Å². The third-order valence-electron chi connectivity index (χ3n) is 2.85. The molecule has 0 unspecified atom stereocenters. The molecule has 0 amide bonds. The SMILES string of the molecule is C=CCN(C/C=C/COC(C)=O)S(=O)(=O)c1ccc(C)cc1. The molecular formula is C16H21NO4S. The highest BCUT2D eigenvalue weighted by atomic mass is 32.2. The largest absolute Gasteiger partial charge is 0.462 e. The summed E-state index contributed by atoms with van der Waals surface area (Å²) in [6.45, 7) is 7.32. The van der Waals surface area contributed by atoms with Crippen LogP contribution in [0.4, 0.5) is 0 Å². The fraction of sp³-hybridized carbons (Fsp3) is 0.312. The number of hydrogen-bond acceptors (Lipinski definition) is 4. The maximum Gasteiger partial charge on any atom is 0.302 e. The summed E-state index contributed by atoms with van der Waals surface area (Å²) in [7, 11) is -3.58. The maximum atomic E-state index is 12.6. The van der Waals surface area contributed by atoms with E-state index in [2.05, 4.69) is 6.58 Å². The van der Waals surface area contributed by atoms with E-state index in [1.807, 2.05) is 6.92 Å². The minimum absolute atomic E-state index is 0.127. The Bertz CT molecular complexity index is 633. The normalized spacial score (nSPS) is 11.8. The topological polar surface area (TPSA) is 63.7 Å². The van der Waals surface area contributed by atoms with Crippen molar-refractivity contribution >= 4 is 16.0 Å². The molecule has 0 aliphatic carbocycles. The maximum absolute atomic E-state index is 12.6. The summed E-state index contributed by atoms with van der Waals surface area (Å²) in [5, 5.41) is 0. The van der Waals surface area contributed by atoms with Gasteiger partial charge < -0.3 is 4.74 Å². The quantitative estimate of drug-likeness (QED) is 0.544. The van der Waals surface area contributed by atoms with Crippen molar-refractivity contribution in [3.05, 3.63) is 54.6 Å². The van der Waals surface area contributed by atoms with Gasteiger partial charge in [-0.3, -0.25) is 4.79 Å². The first kappa shape index (κ1) is 18.1. The zero-order chi connectivity index (χ0) is 16.6. The van der Waals surface area contributed by atoms with Crippen molar-refractivity contribution in [3.63, 3.8) is 0 Å². The predicted octanol–water partition coefficient (Wildman–Crippen LogP) is 2.29. The number of sulfonamides is 1. The average molecular weight is 323 g/mol. The molecule has 1 aromatic carbocycles. The van der Waals surface area contributed by atoms with E-state index in [9.17, 15) is 13.2 Å². The van der Waals surface area contributed by atoms with Gasteiger partial charge in [0.25, 0.3) is 0 Å². The van der Waals surface area contributed by atoms with Crippen LogP contribution in [0.2, 0.25) is 0 Å². The van der Waals surface area contributed by atoms with Crippen LogP contribution in [0.3, 0.4) is 0 Å². The van der Waals surface area contributed by atoms with Crippen molar-refractivity contribution in [1.82, 2.24) is 4.31 Å². The van der Waals surface area contributed by atoms with E-state index < -0.39 is 10.0 Å². The summed E-state index contributed by atoms with van der Waals surface area (Å²) < 4.78 is 31.2. The second-order valence-corrected chi connectivity index (χ2v) is 6.64. The van der Waals surface area contributed by atoms with E-state index >= 15 is 0 Å². The standard InChI is InChI=1S/C16H21NO4S/c1-4-11-17(12-5-6-13-21-15(3)18)22(19,20)16-9-7-14(2)8-10-16/h4-10H,1,11-13H2,2-3H3/b6-5+. The van der Waals surface area contributed by atoms with Crippen LogP contribution in [0, 0.1) is 6.92 Å². The lowest BCUT2D eigenvalue weighted by Crippen LogP contribution is -2.31. The number of aryl methyl sites for hydroxylation is 1. The number of rotatable bonds is 8. The lowest BCUT2D eigenvalue weighted by atomic mass is 10.2. The summed E-state index contributed by atoms with van der Waals surface area (Å²) >= 11 is 0. The highest BCUT2D eigenvalue weighted by molar-refractivity contribution is 7.89. The number of hydrogen-bond donors (Lipinski definition) is 0. The molecule has 0 bridgehead atoms. The smallest absolute Gasteiger partial charge is 0.302 e. The zero-order valence-electron chi connectivity index (χ0n) is 12.9. The molecule has 5 nitrogen and oxygen atoms in total. The van der Waals surface area contributed by atoms with Gasteiger partial charge in [0.15, 0.2) is 0 Å².